The number of hydrogen-bond acceptors (Lipinski definition) is 2. The molecule has 114 valence electrons. The Balaban J connectivity index is 1.62. The highest BCUT2D eigenvalue weighted by molar-refractivity contribution is 5.95. The van der Waals surface area contributed by atoms with Crippen molar-refractivity contribution in [3.05, 3.63) is 59.7 Å². The molecule has 1 aromatic heterocycles. The van der Waals surface area contributed by atoms with Crippen molar-refractivity contribution in [2.75, 3.05) is 26.2 Å². The van der Waals surface area contributed by atoms with Crippen LogP contribution in [0.15, 0.2) is 42.6 Å². The molecule has 0 bridgehead atoms. The van der Waals surface area contributed by atoms with E-state index in [9.17, 15) is 14.0 Å². The zero-order valence-electron chi connectivity index (χ0n) is 12.0. The molecule has 0 atom stereocenters. The summed E-state index contributed by atoms with van der Waals surface area (Å²) in [6.07, 6.45) is 1.71. The fourth-order valence-electron chi connectivity index (χ4n) is 2.55. The minimum Gasteiger partial charge on any atom is -0.357 e. The number of aromatic nitrogens is 1. The van der Waals surface area contributed by atoms with Crippen LogP contribution in [0, 0.1) is 5.82 Å². The third-order valence-electron chi connectivity index (χ3n) is 3.75. The second-order valence-corrected chi connectivity index (χ2v) is 5.18. The van der Waals surface area contributed by atoms with Crippen LogP contribution >= 0.6 is 0 Å². The molecule has 1 aliphatic heterocycles. The number of hydrogen-bond donors (Lipinski definition) is 1. The van der Waals surface area contributed by atoms with Crippen molar-refractivity contribution in [2.45, 2.75) is 0 Å². The van der Waals surface area contributed by atoms with E-state index in [0.717, 1.165) is 0 Å². The van der Waals surface area contributed by atoms with Crippen LogP contribution in [0.25, 0.3) is 0 Å². The number of amides is 2. The standard InChI is InChI=1S/C16H16FN3O2/c17-13-4-1-3-12(11-13)15(21)19-7-9-20(10-8-19)16(22)14-5-2-6-18-14/h1-6,11,18H,7-10H2. The zero-order valence-corrected chi connectivity index (χ0v) is 12.0. The molecule has 1 N–H and O–H groups in total. The molecular weight excluding hydrogens is 285 g/mol. The van der Waals surface area contributed by atoms with Crippen LogP contribution in [0.4, 0.5) is 4.39 Å². The number of piperazine rings is 1. The van der Waals surface area contributed by atoms with E-state index in [1.54, 1.807) is 34.2 Å². The molecule has 0 aliphatic carbocycles. The molecule has 22 heavy (non-hydrogen) atoms. The van der Waals surface area contributed by atoms with Gasteiger partial charge in [0.1, 0.15) is 11.5 Å². The van der Waals surface area contributed by atoms with Gasteiger partial charge < -0.3 is 14.8 Å². The van der Waals surface area contributed by atoms with Crippen LogP contribution in [0.5, 0.6) is 0 Å². The molecular formula is C16H16FN3O2. The van der Waals surface area contributed by atoms with Gasteiger partial charge in [0.15, 0.2) is 0 Å². The summed E-state index contributed by atoms with van der Waals surface area (Å²) in [6, 6.07) is 9.17. The van der Waals surface area contributed by atoms with Crippen LogP contribution in [0.3, 0.4) is 0 Å². The van der Waals surface area contributed by atoms with Crippen molar-refractivity contribution < 1.29 is 14.0 Å². The first-order valence-corrected chi connectivity index (χ1v) is 7.12. The first-order valence-electron chi connectivity index (χ1n) is 7.12. The molecule has 1 aliphatic rings. The number of nitrogens with zero attached hydrogens (tertiary/aromatic N) is 2. The minimum absolute atomic E-state index is 0.0668. The summed E-state index contributed by atoms with van der Waals surface area (Å²) in [4.78, 5) is 30.7. The third kappa shape index (κ3) is 2.86. The highest BCUT2D eigenvalue weighted by Gasteiger charge is 2.25. The summed E-state index contributed by atoms with van der Waals surface area (Å²) in [5.74, 6) is -0.694. The highest BCUT2D eigenvalue weighted by Crippen LogP contribution is 2.12. The van der Waals surface area contributed by atoms with Gasteiger partial charge in [-0.05, 0) is 30.3 Å². The quantitative estimate of drug-likeness (QED) is 0.919. The number of H-pyrrole nitrogens is 1. The van der Waals surface area contributed by atoms with E-state index in [1.165, 1.54) is 18.2 Å². The normalized spacial score (nSPS) is 15.0. The van der Waals surface area contributed by atoms with Crippen molar-refractivity contribution in [2.24, 2.45) is 0 Å². The lowest BCUT2D eigenvalue weighted by Gasteiger charge is -2.34. The second-order valence-electron chi connectivity index (χ2n) is 5.18. The summed E-state index contributed by atoms with van der Waals surface area (Å²) < 4.78 is 13.2. The molecule has 0 spiro atoms. The van der Waals surface area contributed by atoms with Crippen molar-refractivity contribution in [3.8, 4) is 0 Å². The Labute approximate surface area is 127 Å². The lowest BCUT2D eigenvalue weighted by Crippen LogP contribution is -2.50. The number of rotatable bonds is 2. The van der Waals surface area contributed by atoms with E-state index < -0.39 is 5.82 Å². The number of aromatic amines is 1. The number of nitrogens with one attached hydrogen (secondary N) is 1. The van der Waals surface area contributed by atoms with Crippen LogP contribution in [-0.2, 0) is 0 Å². The Morgan fingerprint density at radius 3 is 2.23 bits per heavy atom. The highest BCUT2D eigenvalue weighted by atomic mass is 19.1. The van der Waals surface area contributed by atoms with Gasteiger partial charge in [0.05, 0.1) is 0 Å². The van der Waals surface area contributed by atoms with Gasteiger partial charge >= 0.3 is 0 Å². The van der Waals surface area contributed by atoms with Gasteiger partial charge in [0, 0.05) is 37.9 Å². The molecule has 0 radical (unpaired) electrons. The average molecular weight is 301 g/mol. The largest absolute Gasteiger partial charge is 0.357 e. The summed E-state index contributed by atoms with van der Waals surface area (Å²) in [5, 5.41) is 0. The molecule has 5 nitrogen and oxygen atoms in total. The first-order chi connectivity index (χ1) is 10.6. The van der Waals surface area contributed by atoms with Crippen molar-refractivity contribution >= 4 is 11.8 Å². The molecule has 1 saturated heterocycles. The van der Waals surface area contributed by atoms with Crippen molar-refractivity contribution in [1.82, 2.24) is 14.8 Å². The monoisotopic (exact) mass is 301 g/mol. The summed E-state index contributed by atoms with van der Waals surface area (Å²) >= 11 is 0. The fraction of sp³-hybridized carbons (Fsp3) is 0.250. The molecule has 6 heteroatoms. The Morgan fingerprint density at radius 2 is 1.64 bits per heavy atom. The van der Waals surface area contributed by atoms with Gasteiger partial charge in [0.2, 0.25) is 0 Å². The maximum atomic E-state index is 13.2. The predicted octanol–water partition coefficient (Wildman–Crippen LogP) is 1.75. The molecule has 1 fully saturated rings. The summed E-state index contributed by atoms with van der Waals surface area (Å²) in [7, 11) is 0. The lowest BCUT2D eigenvalue weighted by atomic mass is 10.1. The van der Waals surface area contributed by atoms with Crippen LogP contribution < -0.4 is 0 Å². The summed E-state index contributed by atoms with van der Waals surface area (Å²) in [6.45, 7) is 1.83. The number of carbonyl (C=O) groups is 2. The maximum absolute atomic E-state index is 13.2. The van der Waals surface area contributed by atoms with Gasteiger partial charge in [-0.1, -0.05) is 6.07 Å². The molecule has 3 rings (SSSR count). The summed E-state index contributed by atoms with van der Waals surface area (Å²) in [5.41, 5.74) is 0.883. The number of benzene rings is 1. The van der Waals surface area contributed by atoms with Gasteiger partial charge in [-0.15, -0.1) is 0 Å². The molecule has 2 aromatic rings. The Hall–Kier alpha value is -2.63. The fourth-order valence-corrected chi connectivity index (χ4v) is 2.55. The van der Waals surface area contributed by atoms with Gasteiger partial charge in [0.25, 0.3) is 11.8 Å². The Bertz CT molecular complexity index is 676. The third-order valence-corrected chi connectivity index (χ3v) is 3.75. The van der Waals surface area contributed by atoms with Crippen LogP contribution in [0.2, 0.25) is 0 Å². The van der Waals surface area contributed by atoms with E-state index in [1.807, 2.05) is 0 Å². The van der Waals surface area contributed by atoms with Crippen LogP contribution in [-0.4, -0.2) is 52.8 Å². The lowest BCUT2D eigenvalue weighted by molar-refractivity contribution is 0.0532. The molecule has 0 unspecified atom stereocenters. The number of halogens is 1. The van der Waals surface area contributed by atoms with Gasteiger partial charge in [-0.25, -0.2) is 4.39 Å². The van der Waals surface area contributed by atoms with E-state index in [-0.39, 0.29) is 11.8 Å². The van der Waals surface area contributed by atoms with Crippen molar-refractivity contribution in [3.63, 3.8) is 0 Å². The topological polar surface area (TPSA) is 56.4 Å². The predicted molar refractivity (Wildman–Crippen MR) is 79.0 cm³/mol. The van der Waals surface area contributed by atoms with E-state index >= 15 is 0 Å². The van der Waals surface area contributed by atoms with E-state index in [0.29, 0.717) is 37.4 Å². The van der Waals surface area contributed by atoms with Crippen LogP contribution in [0.1, 0.15) is 20.8 Å². The smallest absolute Gasteiger partial charge is 0.270 e. The minimum atomic E-state index is -0.425. The molecule has 2 amide bonds. The average Bonchev–Trinajstić information content (AvgIpc) is 3.08. The molecule has 0 saturated carbocycles. The maximum Gasteiger partial charge on any atom is 0.270 e. The molecule has 1 aromatic carbocycles. The Kier molecular flexibility index (Phi) is 3.91. The first kappa shape index (κ1) is 14.3. The Morgan fingerprint density at radius 1 is 0.955 bits per heavy atom. The molecule has 2 heterocycles. The number of carbonyl (C=O) groups excluding carboxylic acids is 2. The SMILES string of the molecule is O=C(c1cccc(F)c1)N1CCN(C(=O)c2ccc[nH]2)CC1. The zero-order chi connectivity index (χ0) is 15.5. The van der Waals surface area contributed by atoms with Gasteiger partial charge in [-0.2, -0.15) is 0 Å². The van der Waals surface area contributed by atoms with Gasteiger partial charge in [-0.3, -0.25) is 9.59 Å². The second kappa shape index (κ2) is 6.01. The van der Waals surface area contributed by atoms with E-state index in [4.69, 9.17) is 0 Å². The van der Waals surface area contributed by atoms with Crippen molar-refractivity contribution in [1.29, 1.82) is 0 Å². The van der Waals surface area contributed by atoms with E-state index in [2.05, 4.69) is 4.98 Å².